The maximum Gasteiger partial charge on any atom is 0.0306 e. The molecule has 3 nitrogen and oxygen atoms in total. The third-order valence-corrected chi connectivity index (χ3v) is 4.06. The van der Waals surface area contributed by atoms with Crippen LogP contribution in [0.15, 0.2) is 0 Å². The van der Waals surface area contributed by atoms with E-state index in [9.17, 15) is 0 Å². The molecular weight excluding hydrogens is 210 g/mol. The second-order valence-electron chi connectivity index (χ2n) is 5.69. The molecule has 1 rings (SSSR count). The van der Waals surface area contributed by atoms with Gasteiger partial charge < -0.3 is 15.1 Å². The van der Waals surface area contributed by atoms with Gasteiger partial charge in [-0.3, -0.25) is 0 Å². The van der Waals surface area contributed by atoms with Crippen molar-refractivity contribution < 1.29 is 0 Å². The Bertz CT molecular complexity index is 198. The van der Waals surface area contributed by atoms with Gasteiger partial charge in [0.1, 0.15) is 0 Å². The highest BCUT2D eigenvalue weighted by molar-refractivity contribution is 4.94. The van der Waals surface area contributed by atoms with Gasteiger partial charge in [-0.2, -0.15) is 0 Å². The van der Waals surface area contributed by atoms with Crippen LogP contribution in [0, 0.1) is 0 Å². The molecule has 0 aromatic heterocycles. The highest BCUT2D eigenvalue weighted by atomic mass is 15.2. The largest absolute Gasteiger partial charge is 0.310 e. The van der Waals surface area contributed by atoms with Crippen LogP contribution in [0.25, 0.3) is 0 Å². The van der Waals surface area contributed by atoms with Gasteiger partial charge in [-0.15, -0.1) is 0 Å². The molecule has 1 unspecified atom stereocenters. The van der Waals surface area contributed by atoms with Gasteiger partial charge in [0.2, 0.25) is 0 Å². The summed E-state index contributed by atoms with van der Waals surface area (Å²) in [6.45, 7) is 10.7. The maximum atomic E-state index is 3.73. The molecule has 0 radical (unpaired) electrons. The normalized spacial score (nSPS) is 25.1. The number of hydrogen-bond donors (Lipinski definition) is 1. The van der Waals surface area contributed by atoms with E-state index in [-0.39, 0.29) is 0 Å². The number of hydrogen-bond acceptors (Lipinski definition) is 3. The van der Waals surface area contributed by atoms with Crippen LogP contribution in [-0.4, -0.2) is 62.2 Å². The Hall–Kier alpha value is -0.120. The summed E-state index contributed by atoms with van der Waals surface area (Å²) < 4.78 is 0. The summed E-state index contributed by atoms with van der Waals surface area (Å²) in [5.74, 6) is 0. The average molecular weight is 241 g/mol. The van der Waals surface area contributed by atoms with Gasteiger partial charge in [0.05, 0.1) is 0 Å². The third kappa shape index (κ3) is 4.94. The molecule has 0 bridgehead atoms. The Morgan fingerprint density at radius 2 is 1.94 bits per heavy atom. The standard InChI is InChI=1S/C14H31N3/c1-5-14(9-7-10-15-14)13-17(6-2)12-8-11-16(3)4/h15H,5-13H2,1-4H3. The molecule has 1 aliphatic heterocycles. The van der Waals surface area contributed by atoms with Gasteiger partial charge in [0.25, 0.3) is 0 Å². The fourth-order valence-electron chi connectivity index (χ4n) is 2.80. The van der Waals surface area contributed by atoms with Crippen LogP contribution in [0.1, 0.15) is 39.5 Å². The van der Waals surface area contributed by atoms with Gasteiger partial charge in [0, 0.05) is 12.1 Å². The Balaban J connectivity index is 2.34. The van der Waals surface area contributed by atoms with Crippen molar-refractivity contribution in [3.8, 4) is 0 Å². The van der Waals surface area contributed by atoms with Crippen LogP contribution in [0.3, 0.4) is 0 Å². The second kappa shape index (κ2) is 7.34. The van der Waals surface area contributed by atoms with Gasteiger partial charge in [-0.05, 0) is 66.0 Å². The fourth-order valence-corrected chi connectivity index (χ4v) is 2.80. The molecule has 17 heavy (non-hydrogen) atoms. The highest BCUT2D eigenvalue weighted by Gasteiger charge is 2.32. The van der Waals surface area contributed by atoms with Crippen LogP contribution in [0.5, 0.6) is 0 Å². The van der Waals surface area contributed by atoms with E-state index in [1.165, 1.54) is 58.4 Å². The van der Waals surface area contributed by atoms with Gasteiger partial charge in [-0.1, -0.05) is 13.8 Å². The number of nitrogens with one attached hydrogen (secondary N) is 1. The lowest BCUT2D eigenvalue weighted by molar-refractivity contribution is 0.188. The molecule has 102 valence electrons. The minimum atomic E-state index is 0.411. The summed E-state index contributed by atoms with van der Waals surface area (Å²) in [5, 5.41) is 3.73. The van der Waals surface area contributed by atoms with Crippen molar-refractivity contribution in [3.05, 3.63) is 0 Å². The van der Waals surface area contributed by atoms with E-state index < -0.39 is 0 Å². The molecule has 0 aromatic carbocycles. The zero-order chi connectivity index (χ0) is 12.7. The van der Waals surface area contributed by atoms with Crippen molar-refractivity contribution in [2.75, 3.05) is 46.8 Å². The van der Waals surface area contributed by atoms with E-state index in [2.05, 4.69) is 43.1 Å². The zero-order valence-corrected chi connectivity index (χ0v) is 12.3. The predicted molar refractivity (Wildman–Crippen MR) is 75.5 cm³/mol. The molecule has 1 saturated heterocycles. The van der Waals surface area contributed by atoms with Crippen LogP contribution in [0.4, 0.5) is 0 Å². The Labute approximate surface area is 108 Å². The van der Waals surface area contributed by atoms with Gasteiger partial charge in [0.15, 0.2) is 0 Å². The molecule has 1 aliphatic rings. The van der Waals surface area contributed by atoms with Gasteiger partial charge >= 0.3 is 0 Å². The molecule has 1 fully saturated rings. The average Bonchev–Trinajstić information content (AvgIpc) is 2.76. The Kier molecular flexibility index (Phi) is 6.45. The molecule has 1 heterocycles. The van der Waals surface area contributed by atoms with E-state index in [0.717, 1.165) is 0 Å². The van der Waals surface area contributed by atoms with Crippen LogP contribution in [-0.2, 0) is 0 Å². The van der Waals surface area contributed by atoms with E-state index in [0.29, 0.717) is 5.54 Å². The van der Waals surface area contributed by atoms with Crippen LogP contribution < -0.4 is 5.32 Å². The maximum absolute atomic E-state index is 3.73. The fraction of sp³-hybridized carbons (Fsp3) is 1.00. The summed E-state index contributed by atoms with van der Waals surface area (Å²) in [7, 11) is 4.31. The van der Waals surface area contributed by atoms with Gasteiger partial charge in [-0.25, -0.2) is 0 Å². The third-order valence-electron chi connectivity index (χ3n) is 4.06. The molecule has 0 amide bonds. The quantitative estimate of drug-likeness (QED) is 0.699. The lowest BCUT2D eigenvalue weighted by Crippen LogP contribution is -2.49. The summed E-state index contributed by atoms with van der Waals surface area (Å²) in [5.41, 5.74) is 0.411. The number of nitrogens with zero attached hydrogens (tertiary/aromatic N) is 2. The van der Waals surface area contributed by atoms with Crippen molar-refractivity contribution >= 4 is 0 Å². The molecular formula is C14H31N3. The van der Waals surface area contributed by atoms with E-state index in [1.54, 1.807) is 0 Å². The van der Waals surface area contributed by atoms with Crippen molar-refractivity contribution in [2.24, 2.45) is 0 Å². The van der Waals surface area contributed by atoms with E-state index in [4.69, 9.17) is 0 Å². The topological polar surface area (TPSA) is 18.5 Å². The van der Waals surface area contributed by atoms with Crippen molar-refractivity contribution in [1.82, 2.24) is 15.1 Å². The first-order valence-corrected chi connectivity index (χ1v) is 7.24. The van der Waals surface area contributed by atoms with Crippen molar-refractivity contribution in [3.63, 3.8) is 0 Å². The number of likely N-dealkylation sites (N-methyl/N-ethyl adjacent to an activating group) is 1. The number of rotatable bonds is 8. The zero-order valence-electron chi connectivity index (χ0n) is 12.3. The molecule has 1 atom stereocenters. The molecule has 0 aromatic rings. The summed E-state index contributed by atoms with van der Waals surface area (Å²) in [4.78, 5) is 4.89. The molecule has 3 heteroatoms. The minimum absolute atomic E-state index is 0.411. The monoisotopic (exact) mass is 241 g/mol. The second-order valence-corrected chi connectivity index (χ2v) is 5.69. The predicted octanol–water partition coefficient (Wildman–Crippen LogP) is 1.79. The lowest BCUT2D eigenvalue weighted by Gasteiger charge is -2.34. The van der Waals surface area contributed by atoms with Crippen LogP contribution >= 0.6 is 0 Å². The molecule has 0 saturated carbocycles. The summed E-state index contributed by atoms with van der Waals surface area (Å²) >= 11 is 0. The SMILES string of the molecule is CCN(CCCN(C)C)CC1(CC)CCCN1. The smallest absolute Gasteiger partial charge is 0.0306 e. The van der Waals surface area contributed by atoms with Crippen LogP contribution in [0.2, 0.25) is 0 Å². The first-order chi connectivity index (χ1) is 8.12. The molecule has 1 N–H and O–H groups in total. The molecule has 0 spiro atoms. The first kappa shape index (κ1) is 14.9. The Morgan fingerprint density at radius 1 is 1.18 bits per heavy atom. The summed E-state index contributed by atoms with van der Waals surface area (Å²) in [6.07, 6.45) is 5.24. The van der Waals surface area contributed by atoms with Crippen molar-refractivity contribution in [2.45, 2.75) is 45.1 Å². The van der Waals surface area contributed by atoms with E-state index in [1.807, 2.05) is 0 Å². The highest BCUT2D eigenvalue weighted by Crippen LogP contribution is 2.24. The van der Waals surface area contributed by atoms with E-state index >= 15 is 0 Å². The Morgan fingerprint density at radius 3 is 2.41 bits per heavy atom. The molecule has 0 aliphatic carbocycles. The first-order valence-electron chi connectivity index (χ1n) is 7.24. The minimum Gasteiger partial charge on any atom is -0.310 e. The van der Waals surface area contributed by atoms with Crippen molar-refractivity contribution in [1.29, 1.82) is 0 Å². The lowest BCUT2D eigenvalue weighted by atomic mass is 9.93. The summed E-state index contributed by atoms with van der Waals surface area (Å²) in [6, 6.07) is 0.